The number of nitrogens with zero attached hydrogens (tertiary/aromatic N) is 1. The number of carbonyl (C=O) groups is 1. The summed E-state index contributed by atoms with van der Waals surface area (Å²) >= 11 is 6.01. The third-order valence-corrected chi connectivity index (χ3v) is 3.06. The minimum Gasteiger partial charge on any atom is -0.356 e. The van der Waals surface area contributed by atoms with Gasteiger partial charge in [-0.25, -0.2) is 0 Å². The molecule has 1 heterocycles. The maximum absolute atomic E-state index is 10.7. The monoisotopic (exact) mass is 272 g/mol. The molecule has 1 amide bonds. The second-order valence-electron chi connectivity index (χ2n) is 3.98. The van der Waals surface area contributed by atoms with Gasteiger partial charge in [0.2, 0.25) is 6.41 Å². The number of carbonyl (C=O) groups excluding carboxylic acids is 1. The summed E-state index contributed by atoms with van der Waals surface area (Å²) < 4.78 is 5.27. The Morgan fingerprint density at radius 3 is 2.89 bits per heavy atom. The first-order valence-corrected chi connectivity index (χ1v) is 6.02. The van der Waals surface area contributed by atoms with Gasteiger partial charge in [-0.1, -0.05) is 28.9 Å². The van der Waals surface area contributed by atoms with Gasteiger partial charge in [0.15, 0.2) is 5.58 Å². The summed E-state index contributed by atoms with van der Waals surface area (Å²) in [5.74, 6) is 0. The summed E-state index contributed by atoms with van der Waals surface area (Å²) in [5.41, 5.74) is 2.71. The van der Waals surface area contributed by atoms with Crippen molar-refractivity contribution in [2.45, 2.75) is 0 Å². The van der Waals surface area contributed by atoms with E-state index in [2.05, 4.69) is 10.5 Å². The van der Waals surface area contributed by atoms with Crippen molar-refractivity contribution in [1.82, 2.24) is 5.16 Å². The molecular weight excluding hydrogens is 264 g/mol. The molecule has 0 radical (unpaired) electrons. The van der Waals surface area contributed by atoms with Crippen LogP contribution < -0.4 is 5.32 Å². The van der Waals surface area contributed by atoms with Crippen molar-refractivity contribution in [1.29, 1.82) is 0 Å². The quantitative estimate of drug-likeness (QED) is 0.739. The lowest BCUT2D eigenvalue weighted by Gasteiger charge is -2.06. The van der Waals surface area contributed by atoms with E-state index in [-0.39, 0.29) is 0 Å². The standard InChI is InChI=1S/C14H9ClN2O2/c15-9-5-6-12(16-8-18)11(7-9)14-10-3-1-2-4-13(10)19-17-14/h1-8H,(H,16,18). The molecule has 0 atom stereocenters. The summed E-state index contributed by atoms with van der Waals surface area (Å²) in [6.45, 7) is 0. The molecule has 0 saturated carbocycles. The maximum atomic E-state index is 10.7. The highest BCUT2D eigenvalue weighted by molar-refractivity contribution is 6.31. The van der Waals surface area contributed by atoms with E-state index >= 15 is 0 Å². The van der Waals surface area contributed by atoms with Crippen molar-refractivity contribution in [3.8, 4) is 11.3 Å². The summed E-state index contributed by atoms with van der Waals surface area (Å²) in [7, 11) is 0. The van der Waals surface area contributed by atoms with Crippen LogP contribution in [-0.2, 0) is 4.79 Å². The van der Waals surface area contributed by atoms with Crippen LogP contribution in [-0.4, -0.2) is 11.6 Å². The molecule has 0 fully saturated rings. The van der Waals surface area contributed by atoms with Crippen LogP contribution in [0.25, 0.3) is 22.2 Å². The van der Waals surface area contributed by atoms with Gasteiger partial charge >= 0.3 is 0 Å². The number of hydrogen-bond donors (Lipinski definition) is 1. The fraction of sp³-hybridized carbons (Fsp3) is 0. The first-order valence-electron chi connectivity index (χ1n) is 5.64. The average molecular weight is 273 g/mol. The van der Waals surface area contributed by atoms with Gasteiger partial charge in [-0.3, -0.25) is 4.79 Å². The van der Waals surface area contributed by atoms with Gasteiger partial charge in [0.25, 0.3) is 0 Å². The first-order chi connectivity index (χ1) is 9.29. The lowest BCUT2D eigenvalue weighted by Crippen LogP contribution is -1.96. The minimum absolute atomic E-state index is 0.568. The first kappa shape index (κ1) is 11.7. The van der Waals surface area contributed by atoms with Gasteiger partial charge in [-0.2, -0.15) is 0 Å². The Balaban J connectivity index is 2.25. The molecule has 0 aliphatic rings. The summed E-state index contributed by atoms with van der Waals surface area (Å²) in [6.07, 6.45) is 0.620. The van der Waals surface area contributed by atoms with E-state index in [9.17, 15) is 4.79 Å². The normalized spacial score (nSPS) is 10.6. The van der Waals surface area contributed by atoms with Crippen molar-refractivity contribution in [2.75, 3.05) is 5.32 Å². The molecule has 5 heteroatoms. The average Bonchev–Trinajstić information content (AvgIpc) is 2.85. The minimum atomic E-state index is 0.568. The van der Waals surface area contributed by atoms with Crippen LogP contribution in [0, 0.1) is 0 Å². The van der Waals surface area contributed by atoms with Crippen molar-refractivity contribution in [3.63, 3.8) is 0 Å². The number of fused-ring (bicyclic) bond motifs is 1. The van der Waals surface area contributed by atoms with Crippen molar-refractivity contribution in [2.24, 2.45) is 0 Å². The fourth-order valence-electron chi connectivity index (χ4n) is 1.98. The van der Waals surface area contributed by atoms with Gasteiger partial charge in [-0.15, -0.1) is 0 Å². The van der Waals surface area contributed by atoms with Crippen molar-refractivity contribution in [3.05, 3.63) is 47.5 Å². The maximum Gasteiger partial charge on any atom is 0.211 e. The van der Waals surface area contributed by atoms with Crippen LogP contribution >= 0.6 is 11.6 Å². The van der Waals surface area contributed by atoms with Crippen LogP contribution in [0.1, 0.15) is 0 Å². The Morgan fingerprint density at radius 1 is 1.21 bits per heavy atom. The van der Waals surface area contributed by atoms with Crippen LogP contribution in [0.3, 0.4) is 0 Å². The van der Waals surface area contributed by atoms with E-state index in [1.54, 1.807) is 18.2 Å². The third-order valence-electron chi connectivity index (χ3n) is 2.83. The lowest BCUT2D eigenvalue weighted by atomic mass is 10.1. The smallest absolute Gasteiger partial charge is 0.211 e. The fourth-order valence-corrected chi connectivity index (χ4v) is 2.15. The second kappa shape index (κ2) is 4.74. The highest BCUT2D eigenvalue weighted by Crippen LogP contribution is 2.34. The van der Waals surface area contributed by atoms with E-state index in [4.69, 9.17) is 16.1 Å². The van der Waals surface area contributed by atoms with E-state index < -0.39 is 0 Å². The Morgan fingerprint density at radius 2 is 2.05 bits per heavy atom. The predicted octanol–water partition coefficient (Wildman–Crippen LogP) is 3.72. The Hall–Kier alpha value is -2.33. The highest BCUT2D eigenvalue weighted by Gasteiger charge is 2.14. The zero-order valence-corrected chi connectivity index (χ0v) is 10.5. The number of halogens is 1. The number of hydrogen-bond acceptors (Lipinski definition) is 3. The van der Waals surface area contributed by atoms with Gasteiger partial charge < -0.3 is 9.84 Å². The topological polar surface area (TPSA) is 55.1 Å². The molecule has 1 N–H and O–H groups in total. The Labute approximate surface area is 114 Å². The van der Waals surface area contributed by atoms with Crippen molar-refractivity contribution < 1.29 is 9.32 Å². The molecule has 0 unspecified atom stereocenters. The van der Waals surface area contributed by atoms with Gasteiger partial charge in [0, 0.05) is 16.0 Å². The van der Waals surface area contributed by atoms with E-state index in [0.717, 1.165) is 10.9 Å². The molecule has 0 aliphatic carbocycles. The third kappa shape index (κ3) is 2.06. The summed E-state index contributed by atoms with van der Waals surface area (Å²) in [6, 6.07) is 12.7. The van der Waals surface area contributed by atoms with E-state index in [1.165, 1.54) is 0 Å². The Bertz CT molecular complexity index is 752. The van der Waals surface area contributed by atoms with Gasteiger partial charge in [-0.05, 0) is 30.3 Å². The van der Waals surface area contributed by atoms with Crippen LogP contribution in [0.2, 0.25) is 5.02 Å². The zero-order chi connectivity index (χ0) is 13.2. The second-order valence-corrected chi connectivity index (χ2v) is 4.42. The molecule has 3 rings (SSSR count). The van der Waals surface area contributed by atoms with Gasteiger partial charge in [0.05, 0.1) is 5.69 Å². The molecule has 2 aromatic carbocycles. The van der Waals surface area contributed by atoms with Crippen molar-refractivity contribution >= 4 is 34.7 Å². The Kier molecular flexibility index (Phi) is 2.93. The molecule has 19 heavy (non-hydrogen) atoms. The molecule has 0 bridgehead atoms. The van der Waals surface area contributed by atoms with Crippen LogP contribution in [0.5, 0.6) is 0 Å². The molecule has 0 spiro atoms. The van der Waals surface area contributed by atoms with Crippen LogP contribution in [0.4, 0.5) is 5.69 Å². The predicted molar refractivity (Wildman–Crippen MR) is 74.1 cm³/mol. The lowest BCUT2D eigenvalue weighted by molar-refractivity contribution is -0.105. The molecule has 4 nitrogen and oxygen atoms in total. The highest BCUT2D eigenvalue weighted by atomic mass is 35.5. The molecular formula is C14H9ClN2O2. The van der Waals surface area contributed by atoms with Crippen LogP contribution in [0.15, 0.2) is 47.0 Å². The number of para-hydroxylation sites is 1. The number of anilines is 1. The number of rotatable bonds is 3. The molecule has 94 valence electrons. The molecule has 0 saturated heterocycles. The summed E-state index contributed by atoms with van der Waals surface area (Å²) in [5, 5.41) is 8.14. The molecule has 0 aliphatic heterocycles. The molecule has 1 aromatic heterocycles. The van der Waals surface area contributed by atoms with E-state index in [0.29, 0.717) is 28.4 Å². The van der Waals surface area contributed by atoms with Gasteiger partial charge in [0.1, 0.15) is 5.69 Å². The summed E-state index contributed by atoms with van der Waals surface area (Å²) in [4.78, 5) is 10.7. The number of amides is 1. The number of nitrogens with one attached hydrogen (secondary N) is 1. The SMILES string of the molecule is O=CNc1ccc(Cl)cc1-c1noc2ccccc12. The number of aromatic nitrogens is 1. The van der Waals surface area contributed by atoms with E-state index in [1.807, 2.05) is 24.3 Å². The molecule has 3 aromatic rings. The largest absolute Gasteiger partial charge is 0.356 e. The number of benzene rings is 2. The zero-order valence-electron chi connectivity index (χ0n) is 9.76.